The van der Waals surface area contributed by atoms with Crippen molar-refractivity contribution in [2.24, 2.45) is 0 Å². The van der Waals surface area contributed by atoms with E-state index in [1.165, 1.54) is 5.54 Å². The zero-order valence-electron chi connectivity index (χ0n) is 9.83. The summed E-state index contributed by atoms with van der Waals surface area (Å²) >= 11 is 5.57. The minimum Gasteiger partial charge on any atom is -0.489 e. The molecule has 0 saturated heterocycles. The third kappa shape index (κ3) is 2.89. The molecule has 0 fully saturated rings. The van der Waals surface area contributed by atoms with Gasteiger partial charge in [0.2, 0.25) is 0 Å². The van der Waals surface area contributed by atoms with Crippen LogP contribution in [-0.4, -0.2) is 12.4 Å². The number of benzene rings is 1. The lowest BCUT2D eigenvalue weighted by Crippen LogP contribution is -2.11. The van der Waals surface area contributed by atoms with Crippen LogP contribution in [0.2, 0.25) is 0 Å². The Morgan fingerprint density at radius 1 is 1.47 bits per heavy atom. The Morgan fingerprint density at radius 3 is 3.06 bits per heavy atom. The molecule has 0 amide bonds. The fourth-order valence-electron chi connectivity index (χ4n) is 1.94. The molecule has 0 unspecified atom stereocenters. The van der Waals surface area contributed by atoms with E-state index in [4.69, 9.17) is 16.3 Å². The molecule has 0 aromatic heterocycles. The van der Waals surface area contributed by atoms with Crippen LogP contribution in [0.5, 0.6) is 5.75 Å². The van der Waals surface area contributed by atoms with Gasteiger partial charge in [0.25, 0.3) is 0 Å². The Kier molecular flexibility index (Phi) is 3.85. The maximum atomic E-state index is 11.6. The summed E-state index contributed by atoms with van der Waals surface area (Å²) in [6.45, 7) is 2.39. The monoisotopic (exact) mass is 250 g/mol. The number of fused-ring (bicyclic) bond motifs is 1. The van der Waals surface area contributed by atoms with Crippen molar-refractivity contribution in [3.8, 4) is 5.75 Å². The molecule has 0 atom stereocenters. The summed E-state index contributed by atoms with van der Waals surface area (Å²) in [7, 11) is 0. The van der Waals surface area contributed by atoms with Gasteiger partial charge in [-0.1, -0.05) is 11.6 Å². The molecule has 0 spiro atoms. The normalized spacial score (nSPS) is 15.6. The standard InChI is InChI=1S/C14H15ClO2/c1-10(8-15)9-17-12-5-6-13-11(7-12)3-2-4-14(13)16/h5-8H,2-4,9H2,1H3/b10-8-. The van der Waals surface area contributed by atoms with Crippen LogP contribution in [-0.2, 0) is 6.42 Å². The van der Waals surface area contributed by atoms with E-state index >= 15 is 0 Å². The number of rotatable bonds is 3. The summed E-state index contributed by atoms with van der Waals surface area (Å²) in [5.41, 5.74) is 4.45. The number of halogens is 1. The van der Waals surface area contributed by atoms with Gasteiger partial charge >= 0.3 is 0 Å². The number of ether oxygens (including phenoxy) is 1. The van der Waals surface area contributed by atoms with Crippen LogP contribution >= 0.6 is 11.6 Å². The second-order valence-electron chi connectivity index (χ2n) is 4.34. The Balaban J connectivity index is 2.13. The van der Waals surface area contributed by atoms with Gasteiger partial charge in [-0.05, 0) is 49.1 Å². The predicted molar refractivity (Wildman–Crippen MR) is 68.8 cm³/mol. The number of Topliss-reactive ketones (excluding diaryl/α,β-unsaturated/α-hetero) is 1. The van der Waals surface area contributed by atoms with Crippen LogP contribution in [0.15, 0.2) is 29.3 Å². The topological polar surface area (TPSA) is 26.3 Å². The van der Waals surface area contributed by atoms with E-state index in [2.05, 4.69) is 0 Å². The van der Waals surface area contributed by atoms with E-state index in [1.807, 2.05) is 25.1 Å². The Labute approximate surface area is 106 Å². The van der Waals surface area contributed by atoms with E-state index < -0.39 is 0 Å². The molecule has 0 saturated carbocycles. The molecule has 0 N–H and O–H groups in total. The number of ketones is 1. The van der Waals surface area contributed by atoms with Gasteiger partial charge in [-0.2, -0.15) is 0 Å². The average molecular weight is 251 g/mol. The molecule has 1 aliphatic carbocycles. The van der Waals surface area contributed by atoms with Gasteiger partial charge < -0.3 is 4.74 Å². The molecule has 0 heterocycles. The zero-order chi connectivity index (χ0) is 12.3. The van der Waals surface area contributed by atoms with Crippen molar-refractivity contribution in [2.45, 2.75) is 26.2 Å². The van der Waals surface area contributed by atoms with Crippen molar-refractivity contribution in [3.05, 3.63) is 40.4 Å². The van der Waals surface area contributed by atoms with Crippen molar-refractivity contribution in [3.63, 3.8) is 0 Å². The van der Waals surface area contributed by atoms with E-state index in [0.717, 1.165) is 35.3 Å². The average Bonchev–Trinajstić information content (AvgIpc) is 2.36. The Hall–Kier alpha value is -1.28. The molecule has 1 aliphatic rings. The molecule has 17 heavy (non-hydrogen) atoms. The van der Waals surface area contributed by atoms with Gasteiger partial charge in [0.1, 0.15) is 12.4 Å². The lowest BCUT2D eigenvalue weighted by molar-refractivity contribution is 0.0972. The lowest BCUT2D eigenvalue weighted by atomic mass is 9.90. The molecule has 2 nitrogen and oxygen atoms in total. The molecule has 1 aromatic rings. The van der Waals surface area contributed by atoms with E-state index in [1.54, 1.807) is 0 Å². The first kappa shape index (κ1) is 12.2. The highest BCUT2D eigenvalue weighted by Crippen LogP contribution is 2.25. The first-order chi connectivity index (χ1) is 8.20. The van der Waals surface area contributed by atoms with Gasteiger partial charge in [0.05, 0.1) is 0 Å². The Bertz CT molecular complexity index is 463. The number of carbonyl (C=O) groups excluding carboxylic acids is 1. The summed E-state index contributed by atoms with van der Waals surface area (Å²) in [5.74, 6) is 1.05. The van der Waals surface area contributed by atoms with E-state index in [9.17, 15) is 4.79 Å². The zero-order valence-corrected chi connectivity index (χ0v) is 10.6. The smallest absolute Gasteiger partial charge is 0.163 e. The molecule has 0 bridgehead atoms. The molecule has 3 heteroatoms. The largest absolute Gasteiger partial charge is 0.489 e. The second kappa shape index (κ2) is 5.37. The summed E-state index contributed by atoms with van der Waals surface area (Å²) < 4.78 is 5.60. The highest BCUT2D eigenvalue weighted by molar-refractivity contribution is 6.25. The van der Waals surface area contributed by atoms with Gasteiger partial charge in [-0.25, -0.2) is 0 Å². The van der Waals surface area contributed by atoms with Gasteiger partial charge in [-0.3, -0.25) is 4.79 Å². The maximum Gasteiger partial charge on any atom is 0.163 e. The molecule has 2 rings (SSSR count). The quantitative estimate of drug-likeness (QED) is 0.817. The fourth-order valence-corrected chi connectivity index (χ4v) is 2.00. The number of aryl methyl sites for hydroxylation is 1. The van der Waals surface area contributed by atoms with Gasteiger partial charge in [0.15, 0.2) is 5.78 Å². The van der Waals surface area contributed by atoms with E-state index in [0.29, 0.717) is 13.0 Å². The van der Waals surface area contributed by atoms with Crippen LogP contribution in [0.4, 0.5) is 0 Å². The fraction of sp³-hybridized carbons (Fsp3) is 0.357. The Morgan fingerprint density at radius 2 is 2.29 bits per heavy atom. The summed E-state index contributed by atoms with van der Waals surface area (Å²) in [4.78, 5) is 11.6. The number of carbonyl (C=O) groups is 1. The van der Waals surface area contributed by atoms with Gasteiger partial charge in [0, 0.05) is 17.5 Å². The van der Waals surface area contributed by atoms with E-state index in [-0.39, 0.29) is 5.78 Å². The third-order valence-corrected chi connectivity index (χ3v) is 3.25. The lowest BCUT2D eigenvalue weighted by Gasteiger charge is -2.16. The van der Waals surface area contributed by atoms with Crippen molar-refractivity contribution in [1.82, 2.24) is 0 Å². The predicted octanol–water partition coefficient (Wildman–Crippen LogP) is 3.73. The highest BCUT2D eigenvalue weighted by Gasteiger charge is 2.17. The first-order valence-electron chi connectivity index (χ1n) is 5.75. The minimum absolute atomic E-state index is 0.245. The maximum absolute atomic E-state index is 11.6. The summed E-state index contributed by atoms with van der Waals surface area (Å²) in [6.07, 6.45) is 2.57. The number of hydrogen-bond donors (Lipinski definition) is 0. The first-order valence-corrected chi connectivity index (χ1v) is 6.19. The molecule has 0 radical (unpaired) electrons. The van der Waals surface area contributed by atoms with Crippen molar-refractivity contribution in [2.75, 3.05) is 6.61 Å². The number of hydrogen-bond acceptors (Lipinski definition) is 2. The SMILES string of the molecule is C/C(=C/Cl)COc1ccc2c(c1)CCCC2=O. The molecular weight excluding hydrogens is 236 g/mol. The van der Waals surface area contributed by atoms with Crippen molar-refractivity contribution in [1.29, 1.82) is 0 Å². The summed E-state index contributed by atoms with van der Waals surface area (Å²) in [5, 5.41) is 0. The molecule has 1 aromatic carbocycles. The van der Waals surface area contributed by atoms with Crippen LogP contribution in [0.3, 0.4) is 0 Å². The highest BCUT2D eigenvalue weighted by atomic mass is 35.5. The van der Waals surface area contributed by atoms with Crippen molar-refractivity contribution < 1.29 is 9.53 Å². The molecular formula is C14H15ClO2. The molecule has 0 aliphatic heterocycles. The third-order valence-electron chi connectivity index (χ3n) is 2.88. The minimum atomic E-state index is 0.245. The second-order valence-corrected chi connectivity index (χ2v) is 4.56. The van der Waals surface area contributed by atoms with Gasteiger partial charge in [-0.15, -0.1) is 0 Å². The molecule has 90 valence electrons. The van der Waals surface area contributed by atoms with Crippen LogP contribution < -0.4 is 4.74 Å². The summed E-state index contributed by atoms with van der Waals surface area (Å²) in [6, 6.07) is 5.68. The van der Waals surface area contributed by atoms with Crippen LogP contribution in [0, 0.1) is 0 Å². The van der Waals surface area contributed by atoms with Crippen LogP contribution in [0.25, 0.3) is 0 Å². The van der Waals surface area contributed by atoms with Crippen LogP contribution in [0.1, 0.15) is 35.7 Å². The van der Waals surface area contributed by atoms with Crippen molar-refractivity contribution >= 4 is 17.4 Å².